The van der Waals surface area contributed by atoms with Crippen molar-refractivity contribution in [2.45, 2.75) is 0 Å². The van der Waals surface area contributed by atoms with Crippen molar-refractivity contribution in [3.63, 3.8) is 0 Å². The molecule has 13 heavy (non-hydrogen) atoms. The van der Waals surface area contributed by atoms with Gasteiger partial charge in [-0.25, -0.2) is 9.97 Å². The molecule has 0 bridgehead atoms. The van der Waals surface area contributed by atoms with E-state index in [0.717, 1.165) is 5.69 Å². The molecule has 66 valence electrons. The Bertz CT molecular complexity index is 406. The molecule has 0 fully saturated rings. The van der Waals surface area contributed by atoms with Crippen LogP contribution in [0.4, 0.5) is 5.69 Å². The second kappa shape index (κ2) is 2.85. The van der Waals surface area contributed by atoms with Gasteiger partial charge in [0.1, 0.15) is 12.0 Å². The zero-order valence-electron chi connectivity index (χ0n) is 7.18. The molecule has 0 aromatic carbocycles. The second-order valence-corrected chi connectivity index (χ2v) is 2.70. The summed E-state index contributed by atoms with van der Waals surface area (Å²) in [5.41, 5.74) is 7.80. The number of nitrogens with two attached hydrogens (primary N) is 1. The van der Waals surface area contributed by atoms with Gasteiger partial charge in [0.25, 0.3) is 0 Å². The van der Waals surface area contributed by atoms with Crippen LogP contribution in [0.15, 0.2) is 24.8 Å². The Hall–Kier alpha value is -1.91. The highest BCUT2D eigenvalue weighted by Crippen LogP contribution is 2.19. The van der Waals surface area contributed by atoms with E-state index in [1.807, 2.05) is 7.05 Å². The van der Waals surface area contributed by atoms with E-state index >= 15 is 0 Å². The van der Waals surface area contributed by atoms with Gasteiger partial charge < -0.3 is 5.73 Å². The number of aryl methyl sites for hydroxylation is 1. The minimum absolute atomic E-state index is 0.626. The van der Waals surface area contributed by atoms with Crippen LogP contribution in [0, 0.1) is 0 Å². The Kier molecular flexibility index (Phi) is 1.70. The van der Waals surface area contributed by atoms with Crippen molar-refractivity contribution in [3.8, 4) is 11.4 Å². The van der Waals surface area contributed by atoms with Gasteiger partial charge in [-0.2, -0.15) is 5.10 Å². The van der Waals surface area contributed by atoms with Crippen LogP contribution in [0.1, 0.15) is 0 Å². The van der Waals surface area contributed by atoms with Crippen LogP contribution in [0.25, 0.3) is 11.4 Å². The lowest BCUT2D eigenvalue weighted by molar-refractivity contribution is 0.770. The smallest absolute Gasteiger partial charge is 0.134 e. The summed E-state index contributed by atoms with van der Waals surface area (Å²) in [6.07, 6.45) is 4.89. The molecule has 0 radical (unpaired) electrons. The lowest BCUT2D eigenvalue weighted by Gasteiger charge is -1.94. The number of hydrogen-bond donors (Lipinski definition) is 1. The van der Waals surface area contributed by atoms with E-state index < -0.39 is 0 Å². The monoisotopic (exact) mass is 175 g/mol. The molecule has 0 atom stereocenters. The summed E-state index contributed by atoms with van der Waals surface area (Å²) in [6.45, 7) is 0. The van der Waals surface area contributed by atoms with Gasteiger partial charge in [-0.3, -0.25) is 4.68 Å². The molecule has 2 aromatic rings. The second-order valence-electron chi connectivity index (χ2n) is 2.70. The van der Waals surface area contributed by atoms with Crippen LogP contribution in [-0.4, -0.2) is 19.7 Å². The first-order chi connectivity index (χ1) is 6.27. The first-order valence-corrected chi connectivity index (χ1v) is 3.83. The van der Waals surface area contributed by atoms with Gasteiger partial charge in [0, 0.05) is 19.4 Å². The third kappa shape index (κ3) is 1.35. The van der Waals surface area contributed by atoms with Crippen molar-refractivity contribution >= 4 is 5.69 Å². The standard InChI is InChI=1S/C8H9N5/c1-13-4-6(9)8(12-13)7-2-3-10-5-11-7/h2-5H,9H2,1H3. The van der Waals surface area contributed by atoms with Gasteiger partial charge in [0.15, 0.2) is 0 Å². The van der Waals surface area contributed by atoms with Crippen molar-refractivity contribution in [2.24, 2.45) is 7.05 Å². The minimum Gasteiger partial charge on any atom is -0.396 e. The molecule has 0 aliphatic heterocycles. The number of nitrogens with zero attached hydrogens (tertiary/aromatic N) is 4. The summed E-state index contributed by atoms with van der Waals surface area (Å²) in [6, 6.07) is 1.78. The van der Waals surface area contributed by atoms with Gasteiger partial charge in [-0.1, -0.05) is 0 Å². The molecule has 5 heteroatoms. The fraction of sp³-hybridized carbons (Fsp3) is 0.125. The Morgan fingerprint density at radius 2 is 2.31 bits per heavy atom. The maximum Gasteiger partial charge on any atom is 0.134 e. The van der Waals surface area contributed by atoms with E-state index in [9.17, 15) is 0 Å². The third-order valence-corrected chi connectivity index (χ3v) is 1.68. The van der Waals surface area contributed by atoms with E-state index in [2.05, 4.69) is 15.1 Å². The first-order valence-electron chi connectivity index (χ1n) is 3.83. The molecule has 0 saturated carbocycles. The summed E-state index contributed by atoms with van der Waals surface area (Å²) in [5, 5.41) is 4.18. The minimum atomic E-state index is 0.626. The molecule has 2 heterocycles. The fourth-order valence-electron chi connectivity index (χ4n) is 1.14. The molecule has 0 spiro atoms. The summed E-state index contributed by atoms with van der Waals surface area (Å²) < 4.78 is 1.66. The predicted molar refractivity (Wildman–Crippen MR) is 48.6 cm³/mol. The summed E-state index contributed by atoms with van der Waals surface area (Å²) in [7, 11) is 1.82. The highest BCUT2D eigenvalue weighted by atomic mass is 15.3. The number of nitrogen functional groups attached to an aromatic ring is 1. The van der Waals surface area contributed by atoms with Crippen LogP contribution < -0.4 is 5.73 Å². The summed E-state index contributed by atoms with van der Waals surface area (Å²) in [4.78, 5) is 7.88. The highest BCUT2D eigenvalue weighted by Gasteiger charge is 2.07. The van der Waals surface area contributed by atoms with Gasteiger partial charge >= 0.3 is 0 Å². The lowest BCUT2D eigenvalue weighted by Crippen LogP contribution is -1.90. The first kappa shape index (κ1) is 7.72. The molecule has 2 aromatic heterocycles. The van der Waals surface area contributed by atoms with Crippen molar-refractivity contribution in [1.82, 2.24) is 19.7 Å². The average molecular weight is 175 g/mol. The normalized spacial score (nSPS) is 10.2. The molecule has 0 amide bonds. The van der Waals surface area contributed by atoms with Crippen molar-refractivity contribution in [1.29, 1.82) is 0 Å². The van der Waals surface area contributed by atoms with Crippen LogP contribution in [0.3, 0.4) is 0 Å². The molecule has 0 aliphatic rings. The third-order valence-electron chi connectivity index (χ3n) is 1.68. The molecule has 0 unspecified atom stereocenters. The highest BCUT2D eigenvalue weighted by molar-refractivity contribution is 5.68. The topological polar surface area (TPSA) is 69.6 Å². The van der Waals surface area contributed by atoms with E-state index in [1.54, 1.807) is 23.1 Å². The van der Waals surface area contributed by atoms with Crippen LogP contribution in [0.2, 0.25) is 0 Å². The van der Waals surface area contributed by atoms with Gasteiger partial charge in [0.2, 0.25) is 0 Å². The number of rotatable bonds is 1. The Labute approximate surface area is 75.2 Å². The van der Waals surface area contributed by atoms with Crippen molar-refractivity contribution in [3.05, 3.63) is 24.8 Å². The van der Waals surface area contributed by atoms with E-state index in [4.69, 9.17) is 5.73 Å². The Morgan fingerprint density at radius 3 is 2.85 bits per heavy atom. The van der Waals surface area contributed by atoms with Crippen LogP contribution >= 0.6 is 0 Å². The van der Waals surface area contributed by atoms with Crippen molar-refractivity contribution in [2.75, 3.05) is 5.73 Å². The predicted octanol–water partition coefficient (Wildman–Crippen LogP) is 0.459. The molecular formula is C8H9N5. The molecule has 0 aliphatic carbocycles. The van der Waals surface area contributed by atoms with E-state index in [-0.39, 0.29) is 0 Å². The summed E-state index contributed by atoms with van der Waals surface area (Å²) >= 11 is 0. The van der Waals surface area contributed by atoms with Crippen LogP contribution in [-0.2, 0) is 7.05 Å². The number of aromatic nitrogens is 4. The molecule has 5 nitrogen and oxygen atoms in total. The quantitative estimate of drug-likeness (QED) is 0.683. The molecule has 2 N–H and O–H groups in total. The van der Waals surface area contributed by atoms with E-state index in [0.29, 0.717) is 11.4 Å². The fourth-order valence-corrected chi connectivity index (χ4v) is 1.14. The van der Waals surface area contributed by atoms with Gasteiger partial charge in [-0.15, -0.1) is 0 Å². The maximum absolute atomic E-state index is 5.73. The number of anilines is 1. The molecule has 2 rings (SSSR count). The van der Waals surface area contributed by atoms with Crippen LogP contribution in [0.5, 0.6) is 0 Å². The van der Waals surface area contributed by atoms with E-state index in [1.165, 1.54) is 6.33 Å². The molecule has 0 saturated heterocycles. The van der Waals surface area contributed by atoms with Gasteiger partial charge in [0.05, 0.1) is 11.4 Å². The van der Waals surface area contributed by atoms with Crippen molar-refractivity contribution < 1.29 is 0 Å². The zero-order chi connectivity index (χ0) is 9.26. The Balaban J connectivity index is 2.53. The largest absolute Gasteiger partial charge is 0.396 e. The Morgan fingerprint density at radius 1 is 1.46 bits per heavy atom. The van der Waals surface area contributed by atoms with Gasteiger partial charge in [-0.05, 0) is 6.07 Å². The summed E-state index contributed by atoms with van der Waals surface area (Å²) in [5.74, 6) is 0. The molecular weight excluding hydrogens is 166 g/mol. The number of hydrogen-bond acceptors (Lipinski definition) is 4. The lowest BCUT2D eigenvalue weighted by atomic mass is 10.3. The maximum atomic E-state index is 5.73. The average Bonchev–Trinajstić information content (AvgIpc) is 2.47. The zero-order valence-corrected chi connectivity index (χ0v) is 7.18. The SMILES string of the molecule is Cn1cc(N)c(-c2ccncn2)n1.